The second-order valence-electron chi connectivity index (χ2n) is 4.77. The van der Waals surface area contributed by atoms with Crippen LogP contribution in [0.3, 0.4) is 0 Å². The maximum absolute atomic E-state index is 5.27. The molecule has 1 fully saturated rings. The third-order valence-electron chi connectivity index (χ3n) is 2.52. The quantitative estimate of drug-likeness (QED) is 0.619. The van der Waals surface area contributed by atoms with Crippen LogP contribution < -0.4 is 0 Å². The third-order valence-corrected chi connectivity index (χ3v) is 2.52. The minimum absolute atomic E-state index is 0.241. The number of furan rings is 1. The molecule has 66 valence electrons. The Morgan fingerprint density at radius 2 is 1.92 bits per heavy atom. The summed E-state index contributed by atoms with van der Waals surface area (Å²) in [5, 5.41) is 0. The van der Waals surface area contributed by atoms with Gasteiger partial charge in [-0.1, -0.05) is 20.8 Å². The van der Waals surface area contributed by atoms with Crippen LogP contribution in [0.4, 0.5) is 0 Å². The van der Waals surface area contributed by atoms with Crippen LogP contribution in [0.1, 0.15) is 50.7 Å². The summed E-state index contributed by atoms with van der Waals surface area (Å²) in [4.78, 5) is 0. The summed E-state index contributed by atoms with van der Waals surface area (Å²) in [6.45, 7) is 6.72. The van der Waals surface area contributed by atoms with E-state index < -0.39 is 0 Å². The van der Waals surface area contributed by atoms with Crippen molar-refractivity contribution in [3.8, 4) is 0 Å². The fourth-order valence-corrected chi connectivity index (χ4v) is 1.63. The van der Waals surface area contributed by atoms with Gasteiger partial charge in [0.25, 0.3) is 0 Å². The van der Waals surface area contributed by atoms with E-state index in [4.69, 9.17) is 4.42 Å². The van der Waals surface area contributed by atoms with Crippen LogP contribution in [-0.2, 0) is 5.41 Å². The fraction of sp³-hybridized carbons (Fsp3) is 0.636. The van der Waals surface area contributed by atoms with Crippen molar-refractivity contribution in [3.63, 3.8) is 0 Å². The van der Waals surface area contributed by atoms with Crippen LogP contribution in [0.5, 0.6) is 0 Å². The molecule has 0 bridgehead atoms. The lowest BCUT2D eigenvalue weighted by molar-refractivity contribution is 0.537. The van der Waals surface area contributed by atoms with Gasteiger partial charge in [0.15, 0.2) is 0 Å². The summed E-state index contributed by atoms with van der Waals surface area (Å²) in [5.41, 5.74) is 3.08. The molecule has 1 aliphatic rings. The highest BCUT2D eigenvalue weighted by atomic mass is 16.3. The molecular formula is C11H16O. The van der Waals surface area contributed by atoms with Gasteiger partial charge in [-0.05, 0) is 35.3 Å². The lowest BCUT2D eigenvalue weighted by Gasteiger charge is -2.18. The van der Waals surface area contributed by atoms with Gasteiger partial charge in [-0.2, -0.15) is 0 Å². The maximum Gasteiger partial charge on any atom is 0.0942 e. The zero-order valence-corrected chi connectivity index (χ0v) is 8.05. The van der Waals surface area contributed by atoms with Crippen molar-refractivity contribution in [2.75, 3.05) is 0 Å². The summed E-state index contributed by atoms with van der Waals surface area (Å²) in [5.74, 6) is 0.804. The maximum atomic E-state index is 5.27. The molecule has 0 spiro atoms. The third kappa shape index (κ3) is 1.28. The van der Waals surface area contributed by atoms with Crippen LogP contribution in [0, 0.1) is 0 Å². The Kier molecular flexibility index (Phi) is 1.57. The molecule has 1 heterocycles. The van der Waals surface area contributed by atoms with Gasteiger partial charge in [-0.15, -0.1) is 0 Å². The summed E-state index contributed by atoms with van der Waals surface area (Å²) in [6, 6.07) is 0. The molecule has 0 atom stereocenters. The van der Waals surface area contributed by atoms with Crippen LogP contribution in [0.2, 0.25) is 0 Å². The van der Waals surface area contributed by atoms with E-state index in [2.05, 4.69) is 20.8 Å². The molecular weight excluding hydrogens is 148 g/mol. The van der Waals surface area contributed by atoms with Crippen molar-refractivity contribution in [3.05, 3.63) is 23.7 Å². The standard InChI is InChI=1S/C11H16O/c1-11(2,3)10-7-12-6-9(10)8-4-5-8/h6-8H,4-5H2,1-3H3. The van der Waals surface area contributed by atoms with E-state index in [0.717, 1.165) is 5.92 Å². The van der Waals surface area contributed by atoms with Crippen LogP contribution in [0.15, 0.2) is 16.9 Å². The second kappa shape index (κ2) is 2.38. The van der Waals surface area contributed by atoms with Crippen molar-refractivity contribution in [1.82, 2.24) is 0 Å². The van der Waals surface area contributed by atoms with E-state index in [0.29, 0.717) is 0 Å². The SMILES string of the molecule is CC(C)(C)c1cocc1C1CC1. The average molecular weight is 164 g/mol. The largest absolute Gasteiger partial charge is 0.472 e. The summed E-state index contributed by atoms with van der Waals surface area (Å²) < 4.78 is 5.27. The van der Waals surface area contributed by atoms with Crippen molar-refractivity contribution >= 4 is 0 Å². The highest BCUT2D eigenvalue weighted by molar-refractivity contribution is 5.33. The van der Waals surface area contributed by atoms with Crippen LogP contribution >= 0.6 is 0 Å². The van der Waals surface area contributed by atoms with Crippen molar-refractivity contribution in [1.29, 1.82) is 0 Å². The Bertz CT molecular complexity index is 273. The van der Waals surface area contributed by atoms with Gasteiger partial charge in [0.1, 0.15) is 0 Å². The molecule has 0 aromatic carbocycles. The number of rotatable bonds is 1. The van der Waals surface area contributed by atoms with E-state index in [1.54, 1.807) is 0 Å². The summed E-state index contributed by atoms with van der Waals surface area (Å²) in [7, 11) is 0. The minimum Gasteiger partial charge on any atom is -0.472 e. The zero-order chi connectivity index (χ0) is 8.77. The zero-order valence-electron chi connectivity index (χ0n) is 8.05. The van der Waals surface area contributed by atoms with Crippen molar-refractivity contribution < 1.29 is 4.42 Å². The van der Waals surface area contributed by atoms with Gasteiger partial charge in [0, 0.05) is 0 Å². The van der Waals surface area contributed by atoms with E-state index in [1.165, 1.54) is 24.0 Å². The van der Waals surface area contributed by atoms with Crippen LogP contribution in [-0.4, -0.2) is 0 Å². The van der Waals surface area contributed by atoms with E-state index in [-0.39, 0.29) is 5.41 Å². The first-order chi connectivity index (χ1) is 5.59. The molecule has 1 aromatic rings. The molecule has 0 saturated heterocycles. The molecule has 0 amide bonds. The molecule has 1 saturated carbocycles. The molecule has 1 nitrogen and oxygen atoms in total. The predicted molar refractivity (Wildman–Crippen MR) is 49.4 cm³/mol. The van der Waals surface area contributed by atoms with Gasteiger partial charge in [0.05, 0.1) is 12.5 Å². The Hall–Kier alpha value is -0.720. The van der Waals surface area contributed by atoms with Gasteiger partial charge < -0.3 is 4.42 Å². The Labute approximate surface area is 73.8 Å². The Morgan fingerprint density at radius 3 is 2.42 bits per heavy atom. The smallest absolute Gasteiger partial charge is 0.0942 e. The molecule has 0 unspecified atom stereocenters. The Morgan fingerprint density at radius 1 is 1.25 bits per heavy atom. The Balaban J connectivity index is 2.36. The van der Waals surface area contributed by atoms with Gasteiger partial charge >= 0.3 is 0 Å². The summed E-state index contributed by atoms with van der Waals surface area (Å²) in [6.07, 6.45) is 6.54. The summed E-state index contributed by atoms with van der Waals surface area (Å²) >= 11 is 0. The molecule has 0 N–H and O–H groups in total. The number of hydrogen-bond donors (Lipinski definition) is 0. The molecule has 12 heavy (non-hydrogen) atoms. The second-order valence-corrected chi connectivity index (χ2v) is 4.77. The molecule has 0 radical (unpaired) electrons. The van der Waals surface area contributed by atoms with Gasteiger partial charge in [-0.3, -0.25) is 0 Å². The van der Waals surface area contributed by atoms with Crippen molar-refractivity contribution in [2.45, 2.75) is 44.9 Å². The highest BCUT2D eigenvalue weighted by Crippen LogP contribution is 2.44. The lowest BCUT2D eigenvalue weighted by atomic mass is 9.85. The van der Waals surface area contributed by atoms with Gasteiger partial charge in [-0.25, -0.2) is 0 Å². The normalized spacial score (nSPS) is 18.2. The topological polar surface area (TPSA) is 13.1 Å². The van der Waals surface area contributed by atoms with Crippen molar-refractivity contribution in [2.24, 2.45) is 0 Å². The first-order valence-electron chi connectivity index (χ1n) is 4.65. The lowest BCUT2D eigenvalue weighted by Crippen LogP contribution is -2.11. The molecule has 1 heteroatoms. The van der Waals surface area contributed by atoms with E-state index >= 15 is 0 Å². The van der Waals surface area contributed by atoms with Crippen LogP contribution in [0.25, 0.3) is 0 Å². The molecule has 1 aliphatic carbocycles. The molecule has 1 aromatic heterocycles. The monoisotopic (exact) mass is 164 g/mol. The molecule has 0 aliphatic heterocycles. The van der Waals surface area contributed by atoms with E-state index in [9.17, 15) is 0 Å². The first-order valence-corrected chi connectivity index (χ1v) is 4.65. The van der Waals surface area contributed by atoms with Gasteiger partial charge in [0.2, 0.25) is 0 Å². The fourth-order valence-electron chi connectivity index (χ4n) is 1.63. The minimum atomic E-state index is 0.241. The highest BCUT2D eigenvalue weighted by Gasteiger charge is 2.31. The number of hydrogen-bond acceptors (Lipinski definition) is 1. The molecule has 2 rings (SSSR count). The average Bonchev–Trinajstić information content (AvgIpc) is 2.65. The predicted octanol–water partition coefficient (Wildman–Crippen LogP) is 3.45. The van der Waals surface area contributed by atoms with E-state index in [1.807, 2.05) is 12.5 Å². The first kappa shape index (κ1) is 7.90.